The van der Waals surface area contributed by atoms with E-state index in [9.17, 15) is 4.79 Å². The monoisotopic (exact) mass is 311 g/mol. The van der Waals surface area contributed by atoms with E-state index >= 15 is 0 Å². The predicted molar refractivity (Wildman–Crippen MR) is 89.4 cm³/mol. The van der Waals surface area contributed by atoms with Gasteiger partial charge in [0.05, 0.1) is 13.2 Å². The normalized spacial score (nSPS) is 13.2. The van der Waals surface area contributed by atoms with E-state index in [1.165, 1.54) is 0 Å². The quantitative estimate of drug-likeness (QED) is 0.724. The first-order valence-corrected chi connectivity index (χ1v) is 7.43. The minimum absolute atomic E-state index is 0.285. The van der Waals surface area contributed by atoms with Gasteiger partial charge in [0.25, 0.3) is 0 Å². The highest BCUT2D eigenvalue weighted by Gasteiger charge is 2.26. The highest BCUT2D eigenvalue weighted by molar-refractivity contribution is 5.79. The number of benzene rings is 2. The predicted octanol–water partition coefficient (Wildman–Crippen LogP) is 2.83. The molecule has 1 amide bonds. The summed E-state index contributed by atoms with van der Waals surface area (Å²) < 4.78 is 11.4. The summed E-state index contributed by atoms with van der Waals surface area (Å²) in [7, 11) is 0. The molecule has 0 heterocycles. The Balaban J connectivity index is 1.96. The van der Waals surface area contributed by atoms with E-state index in [0.717, 1.165) is 11.1 Å². The number of primary amides is 1. The SMILES string of the molecule is C=C[C@@H](OCc1ccccc1)[C@@H](OCc1ccccc1)C(N)=O. The fourth-order valence-electron chi connectivity index (χ4n) is 2.14. The number of amides is 1. The number of rotatable bonds is 9. The lowest BCUT2D eigenvalue weighted by atomic mass is 10.1. The van der Waals surface area contributed by atoms with E-state index in [1.807, 2.05) is 60.7 Å². The molecule has 2 N–H and O–H groups in total. The molecule has 0 bridgehead atoms. The molecule has 0 aliphatic carbocycles. The Morgan fingerprint density at radius 1 is 0.957 bits per heavy atom. The molecule has 0 radical (unpaired) electrons. The van der Waals surface area contributed by atoms with Crippen molar-refractivity contribution in [1.82, 2.24) is 0 Å². The molecule has 23 heavy (non-hydrogen) atoms. The molecule has 0 saturated carbocycles. The van der Waals surface area contributed by atoms with Crippen molar-refractivity contribution in [3.8, 4) is 0 Å². The summed E-state index contributed by atoms with van der Waals surface area (Å²) in [4.78, 5) is 11.7. The fourth-order valence-corrected chi connectivity index (χ4v) is 2.14. The van der Waals surface area contributed by atoms with Gasteiger partial charge in [0.2, 0.25) is 5.91 Å². The first-order chi connectivity index (χ1) is 11.2. The van der Waals surface area contributed by atoms with Crippen LogP contribution in [0.15, 0.2) is 73.3 Å². The first-order valence-electron chi connectivity index (χ1n) is 7.43. The van der Waals surface area contributed by atoms with Crippen LogP contribution in [0.5, 0.6) is 0 Å². The van der Waals surface area contributed by atoms with Crippen LogP contribution in [0.3, 0.4) is 0 Å². The zero-order chi connectivity index (χ0) is 16.5. The molecule has 0 aliphatic rings. The average Bonchev–Trinajstić information content (AvgIpc) is 2.59. The Bertz CT molecular complexity index is 613. The molecule has 2 rings (SSSR count). The van der Waals surface area contributed by atoms with Crippen LogP contribution in [0.1, 0.15) is 11.1 Å². The Kier molecular flexibility index (Phi) is 6.54. The molecule has 0 aromatic heterocycles. The third-order valence-electron chi connectivity index (χ3n) is 3.37. The van der Waals surface area contributed by atoms with Gasteiger partial charge in [-0.1, -0.05) is 66.7 Å². The van der Waals surface area contributed by atoms with Crippen molar-refractivity contribution in [2.45, 2.75) is 25.4 Å². The molecule has 0 fully saturated rings. The number of carbonyl (C=O) groups is 1. The van der Waals surface area contributed by atoms with Crippen LogP contribution in [0.25, 0.3) is 0 Å². The Morgan fingerprint density at radius 3 is 1.87 bits per heavy atom. The number of hydrogen-bond acceptors (Lipinski definition) is 3. The van der Waals surface area contributed by atoms with Crippen molar-refractivity contribution in [3.63, 3.8) is 0 Å². The molecule has 4 heteroatoms. The summed E-state index contributed by atoms with van der Waals surface area (Å²) in [5, 5.41) is 0. The van der Waals surface area contributed by atoms with E-state index in [2.05, 4.69) is 6.58 Å². The summed E-state index contributed by atoms with van der Waals surface area (Å²) in [6.07, 6.45) is 0.0661. The second-order valence-corrected chi connectivity index (χ2v) is 5.12. The second-order valence-electron chi connectivity index (χ2n) is 5.12. The molecule has 2 aromatic rings. The van der Waals surface area contributed by atoms with Crippen molar-refractivity contribution in [2.24, 2.45) is 5.73 Å². The van der Waals surface area contributed by atoms with Gasteiger partial charge in [0, 0.05) is 0 Å². The molecular formula is C19H21NO3. The third-order valence-corrected chi connectivity index (χ3v) is 3.37. The lowest BCUT2D eigenvalue weighted by Crippen LogP contribution is -2.41. The maximum absolute atomic E-state index is 11.7. The van der Waals surface area contributed by atoms with Crippen molar-refractivity contribution >= 4 is 5.91 Å². The Labute approximate surface area is 136 Å². The van der Waals surface area contributed by atoms with Crippen molar-refractivity contribution < 1.29 is 14.3 Å². The second kappa shape index (κ2) is 8.88. The lowest BCUT2D eigenvalue weighted by Gasteiger charge is -2.22. The molecule has 0 saturated heterocycles. The van der Waals surface area contributed by atoms with Crippen LogP contribution in [-0.2, 0) is 27.5 Å². The van der Waals surface area contributed by atoms with E-state index in [1.54, 1.807) is 6.08 Å². The van der Waals surface area contributed by atoms with Gasteiger partial charge in [-0.05, 0) is 11.1 Å². The van der Waals surface area contributed by atoms with Gasteiger partial charge in [-0.15, -0.1) is 6.58 Å². The molecule has 0 aliphatic heterocycles. The molecule has 0 unspecified atom stereocenters. The molecule has 2 atom stereocenters. The van der Waals surface area contributed by atoms with E-state index < -0.39 is 18.1 Å². The summed E-state index contributed by atoms with van der Waals surface area (Å²) >= 11 is 0. The number of hydrogen-bond donors (Lipinski definition) is 1. The number of nitrogens with two attached hydrogens (primary N) is 1. The van der Waals surface area contributed by atoms with Crippen LogP contribution in [0, 0.1) is 0 Å². The Morgan fingerprint density at radius 2 is 1.43 bits per heavy atom. The summed E-state index contributed by atoms with van der Waals surface area (Å²) in [5.41, 5.74) is 7.42. The lowest BCUT2D eigenvalue weighted by molar-refractivity contribution is -0.140. The highest BCUT2D eigenvalue weighted by atomic mass is 16.5. The molecule has 2 aromatic carbocycles. The van der Waals surface area contributed by atoms with Crippen LogP contribution in [-0.4, -0.2) is 18.1 Å². The zero-order valence-electron chi connectivity index (χ0n) is 12.9. The van der Waals surface area contributed by atoms with Gasteiger partial charge in [0.1, 0.15) is 6.10 Å². The van der Waals surface area contributed by atoms with E-state index in [-0.39, 0.29) is 6.61 Å². The topological polar surface area (TPSA) is 61.6 Å². The number of ether oxygens (including phenoxy) is 2. The van der Waals surface area contributed by atoms with E-state index in [0.29, 0.717) is 6.61 Å². The molecule has 4 nitrogen and oxygen atoms in total. The van der Waals surface area contributed by atoms with Gasteiger partial charge in [-0.3, -0.25) is 4.79 Å². The summed E-state index contributed by atoms with van der Waals surface area (Å²) in [6, 6.07) is 19.3. The van der Waals surface area contributed by atoms with Crippen LogP contribution in [0.2, 0.25) is 0 Å². The first kappa shape index (κ1) is 16.9. The number of carbonyl (C=O) groups excluding carboxylic acids is 1. The van der Waals surface area contributed by atoms with Gasteiger partial charge in [-0.25, -0.2) is 0 Å². The van der Waals surface area contributed by atoms with Gasteiger partial charge in [0.15, 0.2) is 6.10 Å². The van der Waals surface area contributed by atoms with Crippen LogP contribution >= 0.6 is 0 Å². The Hall–Kier alpha value is -2.43. The van der Waals surface area contributed by atoms with Gasteiger partial charge in [-0.2, -0.15) is 0 Å². The summed E-state index contributed by atoms with van der Waals surface area (Å²) in [5.74, 6) is -0.570. The molecular weight excluding hydrogens is 290 g/mol. The van der Waals surface area contributed by atoms with Gasteiger partial charge < -0.3 is 15.2 Å². The average molecular weight is 311 g/mol. The highest BCUT2D eigenvalue weighted by Crippen LogP contribution is 2.12. The molecule has 120 valence electrons. The largest absolute Gasteiger partial charge is 0.367 e. The maximum atomic E-state index is 11.7. The van der Waals surface area contributed by atoms with Crippen molar-refractivity contribution in [3.05, 3.63) is 84.4 Å². The zero-order valence-corrected chi connectivity index (χ0v) is 12.9. The third kappa shape index (κ3) is 5.36. The van der Waals surface area contributed by atoms with Crippen molar-refractivity contribution in [1.29, 1.82) is 0 Å². The van der Waals surface area contributed by atoms with E-state index in [4.69, 9.17) is 15.2 Å². The van der Waals surface area contributed by atoms with Crippen molar-refractivity contribution in [2.75, 3.05) is 0 Å². The summed E-state index contributed by atoms with van der Waals surface area (Å²) in [6.45, 7) is 4.36. The fraction of sp³-hybridized carbons (Fsp3) is 0.211. The maximum Gasteiger partial charge on any atom is 0.249 e. The van der Waals surface area contributed by atoms with Crippen LogP contribution < -0.4 is 5.73 Å². The standard InChI is InChI=1S/C19H21NO3/c1-2-17(22-13-15-9-5-3-6-10-15)18(19(20)21)23-14-16-11-7-4-8-12-16/h2-12,17-18H,1,13-14H2,(H2,20,21)/t17-,18-/m1/s1. The minimum atomic E-state index is -0.878. The van der Waals surface area contributed by atoms with Crippen LogP contribution in [0.4, 0.5) is 0 Å². The molecule has 0 spiro atoms. The smallest absolute Gasteiger partial charge is 0.249 e. The van der Waals surface area contributed by atoms with Gasteiger partial charge >= 0.3 is 0 Å². The minimum Gasteiger partial charge on any atom is -0.367 e.